The Morgan fingerprint density at radius 3 is 3.17 bits per heavy atom. The van der Waals surface area contributed by atoms with Gasteiger partial charge in [-0.15, -0.1) is 11.3 Å². The largest absolute Gasteiger partial charge is 0.341 e. The van der Waals surface area contributed by atoms with Crippen LogP contribution in [0.4, 0.5) is 4.79 Å². The van der Waals surface area contributed by atoms with E-state index in [1.807, 2.05) is 5.38 Å². The first-order valence-electron chi connectivity index (χ1n) is 3.65. The highest BCUT2D eigenvalue weighted by Gasteiger charge is 1.96. The number of nitrogens with zero attached hydrogens (tertiary/aromatic N) is 1. The summed E-state index contributed by atoms with van der Waals surface area (Å²) in [5.74, 6) is 0. The lowest BCUT2D eigenvalue weighted by Crippen LogP contribution is -2.34. The number of hydrogen-bond donors (Lipinski definition) is 2. The molecule has 1 heterocycles. The summed E-state index contributed by atoms with van der Waals surface area (Å²) in [6, 6.07) is -0.148. The molecule has 1 aromatic heterocycles. The maximum Gasteiger partial charge on any atom is 0.314 e. The summed E-state index contributed by atoms with van der Waals surface area (Å²) < 4.78 is 0. The summed E-state index contributed by atoms with van der Waals surface area (Å²) in [5, 5.41) is 7.14. The van der Waals surface area contributed by atoms with Crippen LogP contribution in [0.2, 0.25) is 0 Å². The first-order valence-corrected chi connectivity index (χ1v) is 4.60. The molecule has 4 nitrogen and oxygen atoms in total. The van der Waals surface area contributed by atoms with E-state index in [1.54, 1.807) is 23.9 Å². The van der Waals surface area contributed by atoms with Gasteiger partial charge < -0.3 is 10.6 Å². The minimum Gasteiger partial charge on any atom is -0.341 e. The zero-order valence-corrected chi connectivity index (χ0v) is 7.65. The van der Waals surface area contributed by atoms with Crippen LogP contribution in [0, 0.1) is 0 Å². The Balaban J connectivity index is 2.15. The molecule has 0 unspecified atom stereocenters. The molecule has 0 radical (unpaired) electrons. The molecule has 0 aliphatic carbocycles. The van der Waals surface area contributed by atoms with Gasteiger partial charge in [0.1, 0.15) is 0 Å². The molecule has 12 heavy (non-hydrogen) atoms. The predicted octanol–water partition coefficient (Wildman–Crippen LogP) is 0.615. The lowest BCUT2D eigenvalue weighted by Gasteiger charge is -2.01. The number of nitrogens with one attached hydrogen (secondary N) is 2. The highest BCUT2D eigenvalue weighted by atomic mass is 32.1. The molecule has 0 saturated carbocycles. The topological polar surface area (TPSA) is 54.0 Å². The SMILES string of the molecule is CNC(=O)NCCc1cscn1. The number of urea groups is 1. The molecule has 66 valence electrons. The average Bonchev–Trinajstić information content (AvgIpc) is 2.57. The van der Waals surface area contributed by atoms with Crippen molar-refractivity contribution in [1.82, 2.24) is 15.6 Å². The molecule has 2 N–H and O–H groups in total. The van der Waals surface area contributed by atoms with Crippen molar-refractivity contribution in [3.63, 3.8) is 0 Å². The minimum absolute atomic E-state index is 0.148. The van der Waals surface area contributed by atoms with Gasteiger partial charge >= 0.3 is 6.03 Å². The first-order chi connectivity index (χ1) is 5.83. The van der Waals surface area contributed by atoms with Crippen molar-refractivity contribution in [3.05, 3.63) is 16.6 Å². The third kappa shape index (κ3) is 2.87. The molecule has 0 bridgehead atoms. The first kappa shape index (κ1) is 8.99. The Morgan fingerprint density at radius 1 is 1.75 bits per heavy atom. The Morgan fingerprint density at radius 2 is 2.58 bits per heavy atom. The molecule has 0 atom stereocenters. The van der Waals surface area contributed by atoms with Gasteiger partial charge in [0.2, 0.25) is 0 Å². The van der Waals surface area contributed by atoms with Gasteiger partial charge in [0.15, 0.2) is 0 Å². The van der Waals surface area contributed by atoms with E-state index in [0.717, 1.165) is 12.1 Å². The molecule has 0 aliphatic heterocycles. The Kier molecular flexibility index (Phi) is 3.53. The van der Waals surface area contributed by atoms with Crippen molar-refractivity contribution in [2.24, 2.45) is 0 Å². The third-order valence-electron chi connectivity index (χ3n) is 1.38. The summed E-state index contributed by atoms with van der Waals surface area (Å²) in [6.45, 7) is 0.628. The van der Waals surface area contributed by atoms with E-state index in [4.69, 9.17) is 0 Å². The van der Waals surface area contributed by atoms with Crippen molar-refractivity contribution in [2.45, 2.75) is 6.42 Å². The lowest BCUT2D eigenvalue weighted by molar-refractivity contribution is 0.243. The average molecular weight is 185 g/mol. The van der Waals surface area contributed by atoms with Gasteiger partial charge in [-0.25, -0.2) is 9.78 Å². The van der Waals surface area contributed by atoms with Crippen LogP contribution in [0.25, 0.3) is 0 Å². The van der Waals surface area contributed by atoms with Crippen molar-refractivity contribution in [2.75, 3.05) is 13.6 Å². The van der Waals surface area contributed by atoms with Crippen molar-refractivity contribution >= 4 is 17.4 Å². The number of aromatic nitrogens is 1. The summed E-state index contributed by atoms with van der Waals surface area (Å²) in [7, 11) is 1.60. The summed E-state index contributed by atoms with van der Waals surface area (Å²) >= 11 is 1.56. The van der Waals surface area contributed by atoms with Crippen LogP contribution in [0.5, 0.6) is 0 Å². The van der Waals surface area contributed by atoms with Gasteiger partial charge in [0.05, 0.1) is 11.2 Å². The van der Waals surface area contributed by atoms with Crippen LogP contribution in [0.3, 0.4) is 0 Å². The number of thiazole rings is 1. The van der Waals surface area contributed by atoms with Gasteiger partial charge in [0, 0.05) is 25.4 Å². The second-order valence-electron chi connectivity index (χ2n) is 2.24. The summed E-state index contributed by atoms with van der Waals surface area (Å²) in [5.41, 5.74) is 2.81. The lowest BCUT2D eigenvalue weighted by atomic mass is 10.3. The van der Waals surface area contributed by atoms with Crippen LogP contribution in [-0.4, -0.2) is 24.6 Å². The van der Waals surface area contributed by atoms with E-state index in [2.05, 4.69) is 15.6 Å². The van der Waals surface area contributed by atoms with E-state index in [0.29, 0.717) is 6.54 Å². The normalized spacial score (nSPS) is 9.42. The van der Waals surface area contributed by atoms with Gasteiger partial charge in [-0.05, 0) is 0 Å². The smallest absolute Gasteiger partial charge is 0.314 e. The second-order valence-corrected chi connectivity index (χ2v) is 2.95. The molecule has 0 saturated heterocycles. The fourth-order valence-corrected chi connectivity index (χ4v) is 1.35. The van der Waals surface area contributed by atoms with Crippen molar-refractivity contribution < 1.29 is 4.79 Å². The molecular weight excluding hydrogens is 174 g/mol. The standard InChI is InChI=1S/C7H11N3OS/c1-8-7(11)9-3-2-6-4-12-5-10-6/h4-5H,2-3H2,1H3,(H2,8,9,11). The van der Waals surface area contributed by atoms with Crippen LogP contribution >= 0.6 is 11.3 Å². The summed E-state index contributed by atoms with van der Waals surface area (Å²) in [6.07, 6.45) is 0.789. The Bertz CT molecular complexity index is 235. The Hall–Kier alpha value is -1.10. The number of hydrogen-bond acceptors (Lipinski definition) is 3. The number of carbonyl (C=O) groups excluding carboxylic acids is 1. The molecule has 0 aromatic carbocycles. The van der Waals surface area contributed by atoms with E-state index in [1.165, 1.54) is 0 Å². The quantitative estimate of drug-likeness (QED) is 0.725. The van der Waals surface area contributed by atoms with Crippen LogP contribution in [-0.2, 0) is 6.42 Å². The van der Waals surface area contributed by atoms with E-state index in [-0.39, 0.29) is 6.03 Å². The molecule has 1 aromatic rings. The van der Waals surface area contributed by atoms with Crippen LogP contribution in [0.1, 0.15) is 5.69 Å². The zero-order valence-electron chi connectivity index (χ0n) is 6.83. The fourth-order valence-electron chi connectivity index (χ4n) is 0.753. The maximum absolute atomic E-state index is 10.7. The van der Waals surface area contributed by atoms with Gasteiger partial charge in [-0.2, -0.15) is 0 Å². The van der Waals surface area contributed by atoms with Crippen LogP contribution in [0.15, 0.2) is 10.9 Å². The molecule has 5 heteroatoms. The number of carbonyl (C=O) groups is 1. The molecule has 0 spiro atoms. The van der Waals surface area contributed by atoms with Gasteiger partial charge in [0.25, 0.3) is 0 Å². The van der Waals surface area contributed by atoms with E-state index < -0.39 is 0 Å². The number of rotatable bonds is 3. The second kappa shape index (κ2) is 4.71. The highest BCUT2D eigenvalue weighted by Crippen LogP contribution is 2.00. The predicted molar refractivity (Wildman–Crippen MR) is 48.3 cm³/mol. The fraction of sp³-hybridized carbons (Fsp3) is 0.429. The van der Waals surface area contributed by atoms with Crippen molar-refractivity contribution in [1.29, 1.82) is 0 Å². The molecule has 0 fully saturated rings. The van der Waals surface area contributed by atoms with E-state index in [9.17, 15) is 4.79 Å². The monoisotopic (exact) mass is 185 g/mol. The van der Waals surface area contributed by atoms with E-state index >= 15 is 0 Å². The molecular formula is C7H11N3OS. The molecule has 2 amide bonds. The minimum atomic E-state index is -0.148. The zero-order chi connectivity index (χ0) is 8.81. The van der Waals surface area contributed by atoms with Crippen molar-refractivity contribution in [3.8, 4) is 0 Å². The highest BCUT2D eigenvalue weighted by molar-refractivity contribution is 7.07. The third-order valence-corrected chi connectivity index (χ3v) is 2.01. The Labute approximate surface area is 75.0 Å². The van der Waals surface area contributed by atoms with Crippen LogP contribution < -0.4 is 10.6 Å². The maximum atomic E-state index is 10.7. The molecule has 0 aliphatic rings. The van der Waals surface area contributed by atoms with Gasteiger partial charge in [-0.3, -0.25) is 0 Å². The molecule has 1 rings (SSSR count). The number of amides is 2. The van der Waals surface area contributed by atoms with Gasteiger partial charge in [-0.1, -0.05) is 0 Å². The summed E-state index contributed by atoms with van der Waals surface area (Å²) in [4.78, 5) is 14.8.